The van der Waals surface area contributed by atoms with Gasteiger partial charge in [-0.2, -0.15) is 0 Å². The number of sulfonamides is 1. The van der Waals surface area contributed by atoms with E-state index < -0.39 is 10.0 Å². The van der Waals surface area contributed by atoms with Crippen molar-refractivity contribution in [3.8, 4) is 0 Å². The normalized spacial score (nSPS) is 26.3. The van der Waals surface area contributed by atoms with Crippen molar-refractivity contribution in [1.29, 1.82) is 0 Å². The van der Waals surface area contributed by atoms with Gasteiger partial charge in [0.15, 0.2) is 0 Å². The first-order valence-electron chi connectivity index (χ1n) is 7.80. The number of rotatable bonds is 4. The van der Waals surface area contributed by atoms with Crippen molar-refractivity contribution < 1.29 is 13.2 Å². The van der Waals surface area contributed by atoms with Crippen LogP contribution < -0.4 is 4.72 Å². The zero-order valence-electron chi connectivity index (χ0n) is 13.0. The monoisotopic (exact) mass is 344 g/mol. The average Bonchev–Trinajstić information content (AvgIpc) is 2.93. The number of hydrogen-bond donors (Lipinski definition) is 1. The Morgan fingerprint density at radius 3 is 2.86 bits per heavy atom. The van der Waals surface area contributed by atoms with Crippen molar-refractivity contribution in [3.05, 3.63) is 22.4 Å². The first-order chi connectivity index (χ1) is 10.4. The molecular formula is C15H24N2O3S2. The molecule has 0 unspecified atom stereocenters. The van der Waals surface area contributed by atoms with Crippen LogP contribution in [0, 0.1) is 0 Å². The van der Waals surface area contributed by atoms with Crippen LogP contribution in [-0.4, -0.2) is 50.9 Å². The number of hydrogen-bond acceptors (Lipinski definition) is 5. The van der Waals surface area contributed by atoms with Crippen LogP contribution >= 0.6 is 11.3 Å². The maximum absolute atomic E-state index is 11.4. The molecule has 2 aliphatic rings. The Morgan fingerprint density at radius 2 is 2.23 bits per heavy atom. The summed E-state index contributed by atoms with van der Waals surface area (Å²) in [6.07, 6.45) is 4.78. The minimum Gasteiger partial charge on any atom is -0.375 e. The molecule has 0 bridgehead atoms. The highest BCUT2D eigenvalue weighted by atomic mass is 32.2. The van der Waals surface area contributed by atoms with Crippen LogP contribution in [0.1, 0.15) is 30.6 Å². The van der Waals surface area contributed by atoms with E-state index in [0.717, 1.165) is 45.3 Å². The topological polar surface area (TPSA) is 58.6 Å². The Bertz CT molecular complexity index is 578. The Morgan fingerprint density at radius 1 is 1.45 bits per heavy atom. The SMILES string of the molecule is CS(=O)(=O)N[C@@H]1CCOC2(CCN(Cc3cccs3)CC2)C1. The number of nitrogens with zero attached hydrogens (tertiary/aromatic N) is 1. The van der Waals surface area contributed by atoms with Gasteiger partial charge in [-0.15, -0.1) is 11.3 Å². The zero-order valence-corrected chi connectivity index (χ0v) is 14.6. The molecule has 124 valence electrons. The Hall–Kier alpha value is -0.470. The maximum Gasteiger partial charge on any atom is 0.208 e. The molecule has 7 heteroatoms. The number of piperidine rings is 1. The predicted molar refractivity (Wildman–Crippen MR) is 88.5 cm³/mol. The zero-order chi connectivity index (χ0) is 15.6. The summed E-state index contributed by atoms with van der Waals surface area (Å²) in [7, 11) is -3.14. The largest absolute Gasteiger partial charge is 0.375 e. The van der Waals surface area contributed by atoms with E-state index in [1.165, 1.54) is 11.1 Å². The van der Waals surface area contributed by atoms with Gasteiger partial charge < -0.3 is 4.74 Å². The average molecular weight is 345 g/mol. The van der Waals surface area contributed by atoms with Gasteiger partial charge in [0, 0.05) is 37.2 Å². The van der Waals surface area contributed by atoms with Crippen LogP contribution in [0.25, 0.3) is 0 Å². The van der Waals surface area contributed by atoms with Gasteiger partial charge in [-0.1, -0.05) is 6.07 Å². The third kappa shape index (κ3) is 4.29. The lowest BCUT2D eigenvalue weighted by Crippen LogP contribution is -2.53. The van der Waals surface area contributed by atoms with Gasteiger partial charge in [-0.05, 0) is 37.1 Å². The summed E-state index contributed by atoms with van der Waals surface area (Å²) < 4.78 is 31.7. The summed E-state index contributed by atoms with van der Waals surface area (Å²) in [5, 5.41) is 2.12. The lowest BCUT2D eigenvalue weighted by atomic mass is 9.82. The molecule has 2 aliphatic heterocycles. The molecule has 0 aliphatic carbocycles. The molecule has 0 aromatic carbocycles. The first kappa shape index (κ1) is 16.4. The molecule has 1 aromatic heterocycles. The molecule has 0 amide bonds. The molecule has 22 heavy (non-hydrogen) atoms. The second-order valence-corrected chi connectivity index (χ2v) is 9.28. The molecule has 1 aromatic rings. The van der Waals surface area contributed by atoms with Crippen LogP contribution in [0.2, 0.25) is 0 Å². The van der Waals surface area contributed by atoms with E-state index in [1.807, 2.05) is 0 Å². The minimum absolute atomic E-state index is 0.0209. The van der Waals surface area contributed by atoms with Gasteiger partial charge in [0.2, 0.25) is 10.0 Å². The van der Waals surface area contributed by atoms with Crippen molar-refractivity contribution in [2.24, 2.45) is 0 Å². The fourth-order valence-corrected chi connectivity index (χ4v) is 5.07. The first-order valence-corrected chi connectivity index (χ1v) is 10.6. The van der Waals surface area contributed by atoms with E-state index in [9.17, 15) is 8.42 Å². The van der Waals surface area contributed by atoms with Crippen LogP contribution in [0.5, 0.6) is 0 Å². The van der Waals surface area contributed by atoms with Gasteiger partial charge in [0.25, 0.3) is 0 Å². The summed E-state index contributed by atoms with van der Waals surface area (Å²) in [5.41, 5.74) is -0.132. The number of likely N-dealkylation sites (tertiary alicyclic amines) is 1. The Balaban J connectivity index is 1.54. The van der Waals surface area contributed by atoms with Gasteiger partial charge in [0.1, 0.15) is 0 Å². The highest BCUT2D eigenvalue weighted by Gasteiger charge is 2.40. The molecule has 3 heterocycles. The van der Waals surface area contributed by atoms with Crippen LogP contribution in [0.15, 0.2) is 17.5 Å². The van der Waals surface area contributed by atoms with Crippen molar-refractivity contribution >= 4 is 21.4 Å². The highest BCUT2D eigenvalue weighted by molar-refractivity contribution is 7.88. The van der Waals surface area contributed by atoms with Gasteiger partial charge in [0.05, 0.1) is 11.9 Å². The van der Waals surface area contributed by atoms with Gasteiger partial charge in [-0.25, -0.2) is 13.1 Å². The van der Waals surface area contributed by atoms with Crippen molar-refractivity contribution in [1.82, 2.24) is 9.62 Å². The molecular weight excluding hydrogens is 320 g/mol. The number of ether oxygens (including phenoxy) is 1. The highest BCUT2D eigenvalue weighted by Crippen LogP contribution is 2.35. The lowest BCUT2D eigenvalue weighted by molar-refractivity contribution is -0.118. The lowest BCUT2D eigenvalue weighted by Gasteiger charge is -2.46. The van der Waals surface area contributed by atoms with E-state index in [-0.39, 0.29) is 11.6 Å². The summed E-state index contributed by atoms with van der Waals surface area (Å²) in [5.74, 6) is 0. The molecule has 0 saturated carbocycles. The predicted octanol–water partition coefficient (Wildman–Crippen LogP) is 1.81. The summed E-state index contributed by atoms with van der Waals surface area (Å²) in [6.45, 7) is 3.70. The van der Waals surface area contributed by atoms with Crippen molar-refractivity contribution in [3.63, 3.8) is 0 Å². The third-order valence-corrected chi connectivity index (χ3v) is 6.22. The molecule has 1 atom stereocenters. The third-order valence-electron chi connectivity index (χ3n) is 4.60. The van der Waals surface area contributed by atoms with E-state index in [1.54, 1.807) is 11.3 Å². The molecule has 3 rings (SSSR count). The summed E-state index contributed by atoms with van der Waals surface area (Å²) in [4.78, 5) is 3.87. The smallest absolute Gasteiger partial charge is 0.208 e. The molecule has 5 nitrogen and oxygen atoms in total. The van der Waals surface area contributed by atoms with E-state index in [0.29, 0.717) is 6.61 Å². The van der Waals surface area contributed by atoms with Crippen molar-refractivity contribution in [2.75, 3.05) is 26.0 Å². The molecule has 2 fully saturated rings. The van der Waals surface area contributed by atoms with Gasteiger partial charge in [-0.3, -0.25) is 4.90 Å². The molecule has 2 saturated heterocycles. The second-order valence-electron chi connectivity index (χ2n) is 6.47. The summed E-state index contributed by atoms with van der Waals surface area (Å²) in [6, 6.07) is 4.29. The Labute approximate surface area is 136 Å². The van der Waals surface area contributed by atoms with Crippen LogP contribution in [-0.2, 0) is 21.3 Å². The fourth-order valence-electron chi connectivity index (χ4n) is 3.52. The standard InChI is InChI=1S/C15H24N2O3S2/c1-22(18,19)16-13-4-9-20-15(11-13)5-7-17(8-6-15)12-14-3-2-10-21-14/h2-3,10,13,16H,4-9,11-12H2,1H3/t13-/m1/s1. The van der Waals surface area contributed by atoms with Crippen LogP contribution in [0.4, 0.5) is 0 Å². The maximum atomic E-state index is 11.4. The minimum atomic E-state index is -3.14. The second kappa shape index (κ2) is 6.57. The quantitative estimate of drug-likeness (QED) is 0.905. The van der Waals surface area contributed by atoms with E-state index >= 15 is 0 Å². The number of nitrogens with one attached hydrogen (secondary N) is 1. The Kier molecular flexibility index (Phi) is 4.89. The fraction of sp³-hybridized carbons (Fsp3) is 0.733. The van der Waals surface area contributed by atoms with Crippen molar-refractivity contribution in [2.45, 2.75) is 43.9 Å². The molecule has 1 spiro atoms. The summed E-state index contributed by atoms with van der Waals surface area (Å²) >= 11 is 1.80. The van der Waals surface area contributed by atoms with E-state index in [2.05, 4.69) is 27.1 Å². The van der Waals surface area contributed by atoms with Crippen LogP contribution in [0.3, 0.4) is 0 Å². The van der Waals surface area contributed by atoms with Gasteiger partial charge >= 0.3 is 0 Å². The number of thiophene rings is 1. The van der Waals surface area contributed by atoms with E-state index in [4.69, 9.17) is 4.74 Å². The molecule has 1 N–H and O–H groups in total. The molecule has 0 radical (unpaired) electrons.